The third-order valence-corrected chi connectivity index (χ3v) is 4.58. The Morgan fingerprint density at radius 2 is 1.92 bits per heavy atom. The average molecular weight is 349 g/mol. The lowest BCUT2D eigenvalue weighted by atomic mass is 9.90. The van der Waals surface area contributed by atoms with Crippen LogP contribution in [-0.4, -0.2) is 37.1 Å². The minimum absolute atomic E-state index is 0.0194. The van der Waals surface area contributed by atoms with Crippen molar-refractivity contribution in [1.82, 2.24) is 5.32 Å². The lowest BCUT2D eigenvalue weighted by Gasteiger charge is -2.32. The fourth-order valence-electron chi connectivity index (χ4n) is 3.15. The van der Waals surface area contributed by atoms with E-state index >= 15 is 0 Å². The molecular weight excluding hydrogens is 332 g/mol. The molecule has 1 atom stereocenters. The van der Waals surface area contributed by atoms with Gasteiger partial charge in [-0.25, -0.2) is 8.78 Å². The smallest absolute Gasteiger partial charge is 0.227 e. The van der Waals surface area contributed by atoms with Crippen LogP contribution in [0.15, 0.2) is 18.2 Å². The van der Waals surface area contributed by atoms with Gasteiger partial charge < -0.3 is 15.0 Å². The molecule has 2 amide bonds. The zero-order valence-electron chi connectivity index (χ0n) is 13.4. The van der Waals surface area contributed by atoms with E-state index in [9.17, 15) is 23.6 Å². The summed E-state index contributed by atoms with van der Waals surface area (Å²) in [7, 11) is 0. The quantitative estimate of drug-likeness (QED) is 0.897. The summed E-state index contributed by atoms with van der Waals surface area (Å²) < 4.78 is 31.9. The number of halogens is 2. The number of amides is 2. The van der Waals surface area contributed by atoms with E-state index in [-0.39, 0.29) is 24.6 Å². The molecule has 8 heteroatoms. The van der Waals surface area contributed by atoms with Crippen molar-refractivity contribution in [2.75, 3.05) is 24.7 Å². The number of hydrogen-bond acceptors (Lipinski definition) is 4. The Labute approximate surface area is 143 Å². The van der Waals surface area contributed by atoms with Gasteiger partial charge in [-0.1, -0.05) is 0 Å². The first-order valence-corrected chi connectivity index (χ1v) is 8.00. The lowest BCUT2D eigenvalue weighted by Crippen LogP contribution is -2.52. The van der Waals surface area contributed by atoms with E-state index in [1.54, 1.807) is 0 Å². The maximum Gasteiger partial charge on any atom is 0.227 e. The van der Waals surface area contributed by atoms with Crippen LogP contribution < -0.4 is 10.2 Å². The molecule has 2 saturated heterocycles. The van der Waals surface area contributed by atoms with Gasteiger partial charge in [0.1, 0.15) is 17.2 Å². The Bertz CT molecular complexity index is 721. The number of carbonyl (C=O) groups is 2. The molecule has 25 heavy (non-hydrogen) atoms. The van der Waals surface area contributed by atoms with Crippen molar-refractivity contribution < 1.29 is 23.1 Å². The van der Waals surface area contributed by atoms with E-state index in [1.807, 2.05) is 0 Å². The van der Waals surface area contributed by atoms with Crippen LogP contribution in [0.5, 0.6) is 0 Å². The van der Waals surface area contributed by atoms with Gasteiger partial charge in [0, 0.05) is 50.8 Å². The fourth-order valence-corrected chi connectivity index (χ4v) is 3.15. The molecule has 0 aliphatic carbocycles. The highest BCUT2D eigenvalue weighted by Crippen LogP contribution is 2.28. The molecule has 2 fully saturated rings. The SMILES string of the molecule is N#CC1(NC(=O)C2CC(=O)N(c3cc(F)cc(F)c3)C2)CCOCC1. The summed E-state index contributed by atoms with van der Waals surface area (Å²) in [5.74, 6) is -3.05. The minimum atomic E-state index is -0.989. The Morgan fingerprint density at radius 1 is 1.28 bits per heavy atom. The number of nitrogens with zero attached hydrogens (tertiary/aromatic N) is 2. The molecule has 3 rings (SSSR count). The van der Waals surface area contributed by atoms with Crippen LogP contribution in [0.2, 0.25) is 0 Å². The Balaban J connectivity index is 1.71. The van der Waals surface area contributed by atoms with Crippen LogP contribution in [0.1, 0.15) is 19.3 Å². The summed E-state index contributed by atoms with van der Waals surface area (Å²) >= 11 is 0. The standard InChI is InChI=1S/C17H17F2N3O3/c18-12-6-13(19)8-14(7-12)22-9-11(5-15(22)23)16(24)21-17(10-20)1-3-25-4-2-17/h6-8,11H,1-5,9H2,(H,21,24). The molecule has 2 aliphatic heterocycles. The highest BCUT2D eigenvalue weighted by Gasteiger charge is 2.40. The number of nitrogens with one attached hydrogen (secondary N) is 1. The topological polar surface area (TPSA) is 82.4 Å². The van der Waals surface area contributed by atoms with Crippen LogP contribution in [0.4, 0.5) is 14.5 Å². The average Bonchev–Trinajstić information content (AvgIpc) is 2.97. The van der Waals surface area contributed by atoms with Gasteiger partial charge in [0.2, 0.25) is 11.8 Å². The number of anilines is 1. The molecule has 132 valence electrons. The largest absolute Gasteiger partial charge is 0.381 e. The molecule has 1 N–H and O–H groups in total. The Hall–Kier alpha value is -2.53. The number of benzene rings is 1. The zero-order valence-corrected chi connectivity index (χ0v) is 13.4. The van der Waals surface area contributed by atoms with Crippen molar-refractivity contribution >= 4 is 17.5 Å². The summed E-state index contributed by atoms with van der Waals surface area (Å²) in [4.78, 5) is 25.9. The van der Waals surface area contributed by atoms with Crippen LogP contribution in [0, 0.1) is 28.9 Å². The first-order valence-electron chi connectivity index (χ1n) is 8.00. The predicted molar refractivity (Wildman–Crippen MR) is 83.4 cm³/mol. The van der Waals surface area contributed by atoms with Crippen molar-refractivity contribution in [2.45, 2.75) is 24.8 Å². The predicted octanol–water partition coefficient (Wildman–Crippen LogP) is 1.51. The number of carbonyl (C=O) groups excluding carboxylic acids is 2. The second-order valence-corrected chi connectivity index (χ2v) is 6.33. The molecule has 6 nitrogen and oxygen atoms in total. The molecule has 1 unspecified atom stereocenters. The summed E-state index contributed by atoms with van der Waals surface area (Å²) in [5.41, 5.74) is -0.907. The van der Waals surface area contributed by atoms with Gasteiger partial charge in [-0.05, 0) is 12.1 Å². The summed E-state index contributed by atoms with van der Waals surface area (Å²) in [6.45, 7) is 0.782. The van der Waals surface area contributed by atoms with E-state index in [2.05, 4.69) is 11.4 Å². The number of nitriles is 1. The third-order valence-electron chi connectivity index (χ3n) is 4.58. The molecule has 0 spiro atoms. The van der Waals surface area contributed by atoms with Gasteiger partial charge in [-0.2, -0.15) is 5.26 Å². The monoisotopic (exact) mass is 349 g/mol. The van der Waals surface area contributed by atoms with Crippen molar-refractivity contribution in [3.63, 3.8) is 0 Å². The number of rotatable bonds is 3. The normalized spacial score (nSPS) is 22.5. The lowest BCUT2D eigenvalue weighted by molar-refractivity contribution is -0.128. The van der Waals surface area contributed by atoms with Crippen molar-refractivity contribution in [2.24, 2.45) is 5.92 Å². The molecule has 1 aromatic rings. The second kappa shape index (κ2) is 6.76. The van der Waals surface area contributed by atoms with Gasteiger partial charge in [-0.15, -0.1) is 0 Å². The van der Waals surface area contributed by atoms with E-state index in [4.69, 9.17) is 4.74 Å². The summed E-state index contributed by atoms with van der Waals surface area (Å²) in [6, 6.07) is 4.95. The summed E-state index contributed by atoms with van der Waals surface area (Å²) in [5, 5.41) is 12.1. The van der Waals surface area contributed by atoms with Crippen molar-refractivity contribution in [3.05, 3.63) is 29.8 Å². The maximum absolute atomic E-state index is 13.4. The third kappa shape index (κ3) is 3.61. The Morgan fingerprint density at radius 3 is 2.52 bits per heavy atom. The van der Waals surface area contributed by atoms with Crippen LogP contribution in [-0.2, 0) is 14.3 Å². The van der Waals surface area contributed by atoms with E-state index < -0.39 is 29.0 Å². The van der Waals surface area contributed by atoms with Crippen molar-refractivity contribution in [1.29, 1.82) is 5.26 Å². The van der Waals surface area contributed by atoms with Gasteiger partial charge in [0.25, 0.3) is 0 Å². The molecule has 2 aliphatic rings. The van der Waals surface area contributed by atoms with E-state index in [0.29, 0.717) is 26.1 Å². The molecule has 0 bridgehead atoms. The molecular formula is C17H17F2N3O3. The van der Waals surface area contributed by atoms with Gasteiger partial charge in [0.15, 0.2) is 0 Å². The summed E-state index contributed by atoms with van der Waals surface area (Å²) in [6.07, 6.45) is 0.700. The van der Waals surface area contributed by atoms with E-state index in [1.165, 1.54) is 4.90 Å². The highest BCUT2D eigenvalue weighted by molar-refractivity contribution is 6.00. The molecule has 0 radical (unpaired) electrons. The van der Waals surface area contributed by atoms with E-state index in [0.717, 1.165) is 18.2 Å². The maximum atomic E-state index is 13.4. The first kappa shape index (κ1) is 17.3. The highest BCUT2D eigenvalue weighted by atomic mass is 19.1. The Kier molecular flexibility index (Phi) is 4.68. The van der Waals surface area contributed by atoms with Gasteiger partial charge in [0.05, 0.1) is 12.0 Å². The van der Waals surface area contributed by atoms with Crippen molar-refractivity contribution in [3.8, 4) is 6.07 Å². The molecule has 0 saturated carbocycles. The van der Waals surface area contributed by atoms with Crippen LogP contribution in [0.3, 0.4) is 0 Å². The van der Waals surface area contributed by atoms with Crippen LogP contribution >= 0.6 is 0 Å². The number of ether oxygens (including phenoxy) is 1. The minimum Gasteiger partial charge on any atom is -0.381 e. The first-order chi connectivity index (χ1) is 11.9. The second-order valence-electron chi connectivity index (χ2n) is 6.33. The van der Waals surface area contributed by atoms with Crippen LogP contribution in [0.25, 0.3) is 0 Å². The van der Waals surface area contributed by atoms with Gasteiger partial charge in [-0.3, -0.25) is 9.59 Å². The molecule has 1 aromatic carbocycles. The number of hydrogen-bond donors (Lipinski definition) is 1. The molecule has 2 heterocycles. The fraction of sp³-hybridized carbons (Fsp3) is 0.471. The zero-order chi connectivity index (χ0) is 18.0. The van der Waals surface area contributed by atoms with Gasteiger partial charge >= 0.3 is 0 Å². The molecule has 0 aromatic heterocycles.